The van der Waals surface area contributed by atoms with Crippen molar-refractivity contribution in [2.45, 2.75) is 44.6 Å². The summed E-state index contributed by atoms with van der Waals surface area (Å²) in [5, 5.41) is 1.53. The second-order valence-electron chi connectivity index (χ2n) is 7.66. The van der Waals surface area contributed by atoms with Gasteiger partial charge in [-0.3, -0.25) is 0 Å². The third-order valence-electron chi connectivity index (χ3n) is 6.54. The average Bonchev–Trinajstić information content (AvgIpc) is 3.30. The lowest BCUT2D eigenvalue weighted by Crippen LogP contribution is -2.16. The molecular formula is C22H25N. The highest BCUT2D eigenvalue weighted by molar-refractivity contribution is 5.86. The predicted octanol–water partition coefficient (Wildman–Crippen LogP) is 5.46. The molecule has 118 valence electrons. The van der Waals surface area contributed by atoms with Gasteiger partial charge in [0.2, 0.25) is 0 Å². The zero-order chi connectivity index (χ0) is 15.4. The molecule has 1 fully saturated rings. The van der Waals surface area contributed by atoms with Gasteiger partial charge in [-0.25, -0.2) is 0 Å². The number of rotatable bonds is 5. The quantitative estimate of drug-likeness (QED) is 0.510. The second-order valence-corrected chi connectivity index (χ2v) is 7.66. The van der Waals surface area contributed by atoms with Gasteiger partial charge in [0.05, 0.1) is 0 Å². The van der Waals surface area contributed by atoms with E-state index in [0.29, 0.717) is 0 Å². The number of hydrogen-bond acceptors (Lipinski definition) is 0. The Morgan fingerprint density at radius 2 is 2.00 bits per heavy atom. The van der Waals surface area contributed by atoms with Gasteiger partial charge in [-0.2, -0.15) is 0 Å². The van der Waals surface area contributed by atoms with Crippen LogP contribution in [0.1, 0.15) is 42.9 Å². The molecule has 0 amide bonds. The number of benzene rings is 1. The van der Waals surface area contributed by atoms with Crippen LogP contribution >= 0.6 is 0 Å². The predicted molar refractivity (Wildman–Crippen MR) is 96.7 cm³/mol. The third-order valence-corrected chi connectivity index (χ3v) is 6.54. The first-order chi connectivity index (χ1) is 11.4. The van der Waals surface area contributed by atoms with Gasteiger partial charge in [-0.1, -0.05) is 36.4 Å². The maximum absolute atomic E-state index is 3.86. The lowest BCUT2D eigenvalue weighted by molar-refractivity contribution is 0.412. The molecule has 1 nitrogen and oxygen atoms in total. The molecule has 4 atom stereocenters. The lowest BCUT2D eigenvalue weighted by atomic mass is 9.85. The molecule has 0 spiro atoms. The summed E-state index contributed by atoms with van der Waals surface area (Å²) in [5.41, 5.74) is 4.85. The molecule has 2 bridgehead atoms. The van der Waals surface area contributed by atoms with E-state index >= 15 is 0 Å². The van der Waals surface area contributed by atoms with E-state index in [0.717, 1.165) is 30.1 Å². The fourth-order valence-electron chi connectivity index (χ4n) is 5.63. The minimum atomic E-state index is 0.798. The van der Waals surface area contributed by atoms with Gasteiger partial charge in [0, 0.05) is 29.1 Å². The van der Waals surface area contributed by atoms with Crippen LogP contribution in [0.3, 0.4) is 0 Å². The zero-order valence-corrected chi connectivity index (χ0v) is 13.7. The first kappa shape index (κ1) is 13.7. The zero-order valence-electron chi connectivity index (χ0n) is 13.7. The second kappa shape index (κ2) is 5.12. The molecule has 1 saturated carbocycles. The maximum Gasteiger partial charge on any atom is 0.0485 e. The van der Waals surface area contributed by atoms with Gasteiger partial charge in [0.25, 0.3) is 0 Å². The topological polar surface area (TPSA) is 4.93 Å². The van der Waals surface area contributed by atoms with Gasteiger partial charge in [-0.05, 0) is 61.5 Å². The Kier molecular flexibility index (Phi) is 3.04. The van der Waals surface area contributed by atoms with E-state index in [4.69, 9.17) is 0 Å². The molecule has 0 N–H and O–H groups in total. The van der Waals surface area contributed by atoms with Crippen LogP contribution in [-0.4, -0.2) is 4.57 Å². The molecule has 2 aromatic rings. The van der Waals surface area contributed by atoms with Crippen molar-refractivity contribution in [1.82, 2.24) is 4.57 Å². The lowest BCUT2D eigenvalue weighted by Gasteiger charge is -2.23. The summed E-state index contributed by atoms with van der Waals surface area (Å²) >= 11 is 0. The molecule has 1 aromatic heterocycles. The largest absolute Gasteiger partial charge is 0.344 e. The highest BCUT2D eigenvalue weighted by Crippen LogP contribution is 2.59. The van der Waals surface area contributed by atoms with Crippen LogP contribution in [0, 0.1) is 17.8 Å². The van der Waals surface area contributed by atoms with Crippen molar-refractivity contribution in [3.63, 3.8) is 0 Å². The molecule has 0 radical (unpaired) electrons. The van der Waals surface area contributed by atoms with Crippen molar-refractivity contribution < 1.29 is 0 Å². The number of para-hydroxylation sites is 1. The van der Waals surface area contributed by atoms with Gasteiger partial charge in [0.15, 0.2) is 0 Å². The minimum absolute atomic E-state index is 0.798. The summed E-state index contributed by atoms with van der Waals surface area (Å²) in [4.78, 5) is 0. The number of allylic oxidation sites excluding steroid dienone is 3. The summed E-state index contributed by atoms with van der Waals surface area (Å²) in [5.74, 6) is 3.35. The fourth-order valence-corrected chi connectivity index (χ4v) is 5.63. The monoisotopic (exact) mass is 303 g/mol. The summed E-state index contributed by atoms with van der Waals surface area (Å²) in [6, 6.07) is 9.10. The maximum atomic E-state index is 3.86. The summed E-state index contributed by atoms with van der Waals surface area (Å²) < 4.78 is 2.69. The summed E-state index contributed by atoms with van der Waals surface area (Å²) in [7, 11) is 0. The Balaban J connectivity index is 1.59. The number of hydrogen-bond donors (Lipinski definition) is 0. The number of aromatic nitrogens is 1. The molecule has 1 heteroatoms. The van der Waals surface area contributed by atoms with Crippen LogP contribution in [0.15, 0.2) is 49.1 Å². The highest BCUT2D eigenvalue weighted by Gasteiger charge is 2.51. The van der Waals surface area contributed by atoms with Crippen molar-refractivity contribution in [3.05, 3.63) is 60.3 Å². The van der Waals surface area contributed by atoms with Crippen LogP contribution in [0.25, 0.3) is 10.9 Å². The SMILES string of the molecule is C=CCCCCn1c2c(c3ccccc31)C[C@@H]1C3C=CC(C3)[C@H]21. The molecule has 5 rings (SSSR count). The molecule has 1 aromatic carbocycles. The fraction of sp³-hybridized carbons (Fsp3) is 0.455. The van der Waals surface area contributed by atoms with Crippen molar-refractivity contribution in [3.8, 4) is 0 Å². The van der Waals surface area contributed by atoms with Gasteiger partial charge >= 0.3 is 0 Å². The first-order valence-corrected chi connectivity index (χ1v) is 9.27. The Hall–Kier alpha value is -1.76. The molecule has 23 heavy (non-hydrogen) atoms. The van der Waals surface area contributed by atoms with Gasteiger partial charge in [0.1, 0.15) is 0 Å². The molecule has 0 aliphatic heterocycles. The van der Waals surface area contributed by atoms with E-state index in [1.165, 1.54) is 43.1 Å². The first-order valence-electron chi connectivity index (χ1n) is 9.27. The highest BCUT2D eigenvalue weighted by atomic mass is 15.0. The molecule has 3 aliphatic carbocycles. The third kappa shape index (κ3) is 1.86. The van der Waals surface area contributed by atoms with Crippen LogP contribution in [0.5, 0.6) is 0 Å². The van der Waals surface area contributed by atoms with E-state index in [2.05, 4.69) is 53.6 Å². The van der Waals surface area contributed by atoms with E-state index in [1.807, 2.05) is 0 Å². The Labute approximate surface area is 138 Å². The van der Waals surface area contributed by atoms with Crippen molar-refractivity contribution in [2.75, 3.05) is 0 Å². The van der Waals surface area contributed by atoms with E-state index in [9.17, 15) is 0 Å². The van der Waals surface area contributed by atoms with Crippen LogP contribution in [0.2, 0.25) is 0 Å². The number of aryl methyl sites for hydroxylation is 1. The number of nitrogens with zero attached hydrogens (tertiary/aromatic N) is 1. The van der Waals surface area contributed by atoms with Gasteiger partial charge < -0.3 is 4.57 Å². The standard InChI is InChI=1S/C22H25N/c1-2-3-4-7-12-23-20-9-6-5-8-17(20)19-14-18-15-10-11-16(13-15)21(18)22(19)23/h2,5-6,8-11,15-16,18,21H,1,3-4,7,12-14H2/t15?,16?,18-,21+/m1/s1. The summed E-state index contributed by atoms with van der Waals surface area (Å²) in [6.45, 7) is 5.03. The number of unbranched alkanes of at least 4 members (excludes halogenated alkanes) is 2. The number of fused-ring (bicyclic) bond motifs is 9. The van der Waals surface area contributed by atoms with Crippen molar-refractivity contribution in [2.24, 2.45) is 17.8 Å². The van der Waals surface area contributed by atoms with Crippen LogP contribution < -0.4 is 0 Å². The van der Waals surface area contributed by atoms with E-state index in [1.54, 1.807) is 11.3 Å². The molecular weight excluding hydrogens is 278 g/mol. The summed E-state index contributed by atoms with van der Waals surface area (Å²) in [6.07, 6.45) is 13.5. The molecule has 2 unspecified atom stereocenters. The van der Waals surface area contributed by atoms with Crippen molar-refractivity contribution in [1.29, 1.82) is 0 Å². The van der Waals surface area contributed by atoms with E-state index in [-0.39, 0.29) is 0 Å². The van der Waals surface area contributed by atoms with Gasteiger partial charge in [-0.15, -0.1) is 6.58 Å². The Morgan fingerprint density at radius 3 is 2.91 bits per heavy atom. The normalized spacial score (nSPS) is 30.1. The molecule has 3 aliphatic rings. The van der Waals surface area contributed by atoms with Crippen LogP contribution in [-0.2, 0) is 13.0 Å². The van der Waals surface area contributed by atoms with Crippen molar-refractivity contribution >= 4 is 10.9 Å². The van der Waals surface area contributed by atoms with Crippen LogP contribution in [0.4, 0.5) is 0 Å². The molecule has 0 saturated heterocycles. The van der Waals surface area contributed by atoms with E-state index < -0.39 is 0 Å². The minimum Gasteiger partial charge on any atom is -0.344 e. The smallest absolute Gasteiger partial charge is 0.0485 e. The Morgan fingerprint density at radius 1 is 1.13 bits per heavy atom. The Bertz CT molecular complexity index is 794. The average molecular weight is 303 g/mol. The molecule has 1 heterocycles.